The summed E-state index contributed by atoms with van der Waals surface area (Å²) in [5, 5.41) is 8.35. The van der Waals surface area contributed by atoms with Crippen LogP contribution in [0.1, 0.15) is 10.4 Å². The number of rotatable bonds is 0. The first-order valence-corrected chi connectivity index (χ1v) is 5.32. The van der Waals surface area contributed by atoms with Crippen molar-refractivity contribution in [3.63, 3.8) is 0 Å². The van der Waals surface area contributed by atoms with E-state index in [0.717, 1.165) is 20.7 Å². The van der Waals surface area contributed by atoms with Gasteiger partial charge in [-0.25, -0.2) is 0 Å². The second kappa shape index (κ2) is 2.66. The van der Waals surface area contributed by atoms with Crippen molar-refractivity contribution in [1.82, 2.24) is 19.6 Å². The molecule has 0 atom stereocenters. The highest BCUT2D eigenvalue weighted by atomic mass is 32.1. The number of hydrogen-bond donors (Lipinski definition) is 1. The first-order chi connectivity index (χ1) is 7.18. The first-order valence-electron chi connectivity index (χ1n) is 4.50. The van der Waals surface area contributed by atoms with Gasteiger partial charge in [0.2, 0.25) is 5.78 Å². The van der Waals surface area contributed by atoms with Crippen molar-refractivity contribution in [2.75, 3.05) is 0 Å². The third kappa shape index (κ3) is 0.992. The minimum atomic E-state index is -0.0904. The number of aryl methyl sites for hydroxylation is 2. The lowest BCUT2D eigenvalue weighted by Gasteiger charge is -1.94. The van der Waals surface area contributed by atoms with Crippen LogP contribution in [0.25, 0.3) is 16.0 Å². The molecule has 0 amide bonds. The molecule has 0 spiro atoms. The Morgan fingerprint density at radius 2 is 2.27 bits per heavy atom. The minimum absolute atomic E-state index is 0.0904. The zero-order chi connectivity index (χ0) is 10.6. The fraction of sp³-hybridized carbons (Fsp3) is 0.222. The van der Waals surface area contributed by atoms with Gasteiger partial charge in [0.05, 0.1) is 5.39 Å². The number of fused-ring (bicyclic) bond motifs is 3. The molecule has 3 aromatic rings. The predicted molar refractivity (Wildman–Crippen MR) is 58.5 cm³/mol. The molecule has 0 unspecified atom stereocenters. The summed E-state index contributed by atoms with van der Waals surface area (Å²) in [6.07, 6.45) is 1.61. The Kier molecular flexibility index (Phi) is 1.53. The van der Waals surface area contributed by atoms with Crippen molar-refractivity contribution >= 4 is 27.3 Å². The zero-order valence-corrected chi connectivity index (χ0v) is 9.05. The first kappa shape index (κ1) is 8.60. The SMILES string of the molecule is Cc1sc2c(c1C)c(=O)[nH]c1nncn12. The molecular formula is C9H8N4OS. The molecule has 76 valence electrons. The van der Waals surface area contributed by atoms with Crippen LogP contribution in [0.4, 0.5) is 0 Å². The van der Waals surface area contributed by atoms with Crippen LogP contribution in [-0.2, 0) is 0 Å². The van der Waals surface area contributed by atoms with Crippen LogP contribution in [0.3, 0.4) is 0 Å². The number of H-pyrrole nitrogens is 1. The van der Waals surface area contributed by atoms with E-state index in [1.54, 1.807) is 22.1 Å². The van der Waals surface area contributed by atoms with E-state index in [2.05, 4.69) is 15.2 Å². The topological polar surface area (TPSA) is 63.0 Å². The Labute approximate surface area is 88.4 Å². The molecule has 0 bridgehead atoms. The van der Waals surface area contributed by atoms with Gasteiger partial charge in [-0.3, -0.25) is 14.2 Å². The molecule has 3 aromatic heterocycles. The van der Waals surface area contributed by atoms with Crippen LogP contribution in [0.15, 0.2) is 11.1 Å². The van der Waals surface area contributed by atoms with Gasteiger partial charge >= 0.3 is 0 Å². The van der Waals surface area contributed by atoms with Crippen molar-refractivity contribution in [2.45, 2.75) is 13.8 Å². The van der Waals surface area contributed by atoms with Gasteiger partial charge in [-0.1, -0.05) is 0 Å². The predicted octanol–water partition coefficient (Wildman–Crippen LogP) is 1.25. The maximum atomic E-state index is 11.8. The van der Waals surface area contributed by atoms with Gasteiger partial charge in [0.25, 0.3) is 5.56 Å². The van der Waals surface area contributed by atoms with Gasteiger partial charge in [-0.15, -0.1) is 21.5 Å². The normalized spacial score (nSPS) is 11.6. The molecule has 0 saturated carbocycles. The third-order valence-corrected chi connectivity index (χ3v) is 3.79. The molecule has 0 saturated heterocycles. The maximum Gasteiger partial charge on any atom is 0.261 e. The van der Waals surface area contributed by atoms with E-state index in [1.807, 2.05) is 13.8 Å². The van der Waals surface area contributed by atoms with E-state index in [0.29, 0.717) is 5.78 Å². The van der Waals surface area contributed by atoms with Crippen LogP contribution in [-0.4, -0.2) is 19.6 Å². The molecule has 1 N–H and O–H groups in total. The molecule has 0 fully saturated rings. The van der Waals surface area contributed by atoms with Gasteiger partial charge in [0.15, 0.2) is 0 Å². The smallest absolute Gasteiger partial charge is 0.261 e. The fourth-order valence-electron chi connectivity index (χ4n) is 1.68. The monoisotopic (exact) mass is 220 g/mol. The average molecular weight is 220 g/mol. The highest BCUT2D eigenvalue weighted by Gasteiger charge is 2.12. The van der Waals surface area contributed by atoms with Crippen LogP contribution >= 0.6 is 11.3 Å². The quantitative estimate of drug-likeness (QED) is 0.620. The van der Waals surface area contributed by atoms with Crippen LogP contribution in [0.2, 0.25) is 0 Å². The van der Waals surface area contributed by atoms with E-state index in [-0.39, 0.29) is 5.56 Å². The summed E-state index contributed by atoms with van der Waals surface area (Å²) in [6.45, 7) is 3.97. The Morgan fingerprint density at radius 3 is 3.07 bits per heavy atom. The number of thiophene rings is 1. The van der Waals surface area contributed by atoms with Crippen molar-refractivity contribution in [3.8, 4) is 0 Å². The zero-order valence-electron chi connectivity index (χ0n) is 8.24. The molecule has 15 heavy (non-hydrogen) atoms. The van der Waals surface area contributed by atoms with Gasteiger partial charge < -0.3 is 0 Å². The molecule has 0 aliphatic heterocycles. The molecule has 3 rings (SSSR count). The molecule has 0 aromatic carbocycles. The Bertz CT molecular complexity index is 721. The Balaban J connectivity index is 2.74. The molecule has 0 radical (unpaired) electrons. The van der Waals surface area contributed by atoms with Gasteiger partial charge in [0.1, 0.15) is 11.2 Å². The lowest BCUT2D eigenvalue weighted by Crippen LogP contribution is -2.08. The number of nitrogens with zero attached hydrogens (tertiary/aromatic N) is 3. The van der Waals surface area contributed by atoms with Gasteiger partial charge in [-0.05, 0) is 19.4 Å². The van der Waals surface area contributed by atoms with Crippen molar-refractivity contribution in [3.05, 3.63) is 27.1 Å². The van der Waals surface area contributed by atoms with E-state index < -0.39 is 0 Å². The van der Waals surface area contributed by atoms with E-state index in [1.165, 1.54) is 0 Å². The lowest BCUT2D eigenvalue weighted by molar-refractivity contribution is 1.09. The number of aromatic amines is 1. The standard InChI is InChI=1S/C9H8N4OS/c1-4-5(2)15-8-6(4)7(14)11-9-12-10-3-13(8)9/h3H,1-2H3,(H,11,12,14). The van der Waals surface area contributed by atoms with E-state index in [9.17, 15) is 4.79 Å². The summed E-state index contributed by atoms with van der Waals surface area (Å²) in [7, 11) is 0. The highest BCUT2D eigenvalue weighted by molar-refractivity contribution is 7.18. The molecular weight excluding hydrogens is 212 g/mol. The fourth-order valence-corrected chi connectivity index (χ4v) is 2.80. The summed E-state index contributed by atoms with van der Waals surface area (Å²) in [6, 6.07) is 0. The molecule has 6 heteroatoms. The van der Waals surface area contributed by atoms with Gasteiger partial charge in [0, 0.05) is 4.88 Å². The van der Waals surface area contributed by atoms with Crippen molar-refractivity contribution < 1.29 is 0 Å². The molecule has 0 aliphatic carbocycles. The molecule has 3 heterocycles. The van der Waals surface area contributed by atoms with Crippen LogP contribution in [0, 0.1) is 13.8 Å². The average Bonchev–Trinajstić information content (AvgIpc) is 2.73. The number of aromatic nitrogens is 4. The second-order valence-corrected chi connectivity index (χ2v) is 4.65. The Hall–Kier alpha value is -1.69. The minimum Gasteiger partial charge on any atom is -0.290 e. The number of hydrogen-bond acceptors (Lipinski definition) is 4. The molecule has 0 aliphatic rings. The summed E-state index contributed by atoms with van der Waals surface area (Å²) in [5.41, 5.74) is 0.944. The second-order valence-electron chi connectivity index (χ2n) is 3.44. The Morgan fingerprint density at radius 1 is 1.47 bits per heavy atom. The van der Waals surface area contributed by atoms with Crippen molar-refractivity contribution in [2.24, 2.45) is 0 Å². The summed E-state index contributed by atoms with van der Waals surface area (Å²) < 4.78 is 1.81. The van der Waals surface area contributed by atoms with Gasteiger partial charge in [-0.2, -0.15) is 0 Å². The van der Waals surface area contributed by atoms with E-state index in [4.69, 9.17) is 0 Å². The largest absolute Gasteiger partial charge is 0.290 e. The highest BCUT2D eigenvalue weighted by Crippen LogP contribution is 2.27. The third-order valence-electron chi connectivity index (χ3n) is 2.59. The lowest BCUT2D eigenvalue weighted by atomic mass is 10.2. The number of nitrogens with one attached hydrogen (secondary N) is 1. The van der Waals surface area contributed by atoms with Crippen LogP contribution in [0.5, 0.6) is 0 Å². The van der Waals surface area contributed by atoms with Crippen molar-refractivity contribution in [1.29, 1.82) is 0 Å². The van der Waals surface area contributed by atoms with Crippen LogP contribution < -0.4 is 5.56 Å². The van der Waals surface area contributed by atoms with E-state index >= 15 is 0 Å². The summed E-state index contributed by atoms with van der Waals surface area (Å²) in [5.74, 6) is 0.494. The molecule has 5 nitrogen and oxygen atoms in total. The maximum absolute atomic E-state index is 11.8. The summed E-state index contributed by atoms with van der Waals surface area (Å²) in [4.78, 5) is 16.6. The summed E-state index contributed by atoms with van der Waals surface area (Å²) >= 11 is 1.59.